The van der Waals surface area contributed by atoms with Gasteiger partial charge < -0.3 is 14.4 Å². The molecule has 0 aliphatic carbocycles. The lowest BCUT2D eigenvalue weighted by atomic mass is 10.0. The number of Topliss-reactive ketones (excluding diaryl/α,β-unsaturated/α-hetero) is 1. The second-order valence-electron chi connectivity index (χ2n) is 7.96. The number of anilines is 1. The van der Waals surface area contributed by atoms with E-state index >= 15 is 0 Å². The van der Waals surface area contributed by atoms with Gasteiger partial charge in [0.1, 0.15) is 18.0 Å². The van der Waals surface area contributed by atoms with Gasteiger partial charge in [0.05, 0.1) is 5.69 Å². The van der Waals surface area contributed by atoms with Crippen molar-refractivity contribution in [2.24, 2.45) is 0 Å². The maximum Gasteiger partial charge on any atom is 0.265 e. The van der Waals surface area contributed by atoms with Crippen LogP contribution in [0.3, 0.4) is 0 Å². The standard InChI is InChI=1S/C25H30N2O5/c1-5-26(6-2)24(29)14-27-21-13-19(10-11-23(21)32-16-25(27)30)22(28)15-31-20-9-7-8-18(12-20)17(3)4/h7-13,17H,5-6,14-16H2,1-4H3. The van der Waals surface area contributed by atoms with Crippen molar-refractivity contribution in [3.63, 3.8) is 0 Å². The first-order valence-electron chi connectivity index (χ1n) is 10.9. The molecule has 0 unspecified atom stereocenters. The van der Waals surface area contributed by atoms with E-state index in [4.69, 9.17) is 9.47 Å². The molecule has 0 aromatic heterocycles. The minimum absolute atomic E-state index is 0.0903. The zero-order valence-electron chi connectivity index (χ0n) is 19.1. The van der Waals surface area contributed by atoms with Crippen molar-refractivity contribution in [3.8, 4) is 11.5 Å². The number of ether oxygens (including phenoxy) is 2. The van der Waals surface area contributed by atoms with Crippen LogP contribution in [0.5, 0.6) is 11.5 Å². The van der Waals surface area contributed by atoms with Crippen LogP contribution in [-0.2, 0) is 9.59 Å². The van der Waals surface area contributed by atoms with Crippen molar-refractivity contribution in [1.29, 1.82) is 0 Å². The van der Waals surface area contributed by atoms with Gasteiger partial charge in [0.25, 0.3) is 5.91 Å². The Balaban J connectivity index is 1.76. The van der Waals surface area contributed by atoms with Crippen LogP contribution in [0.25, 0.3) is 0 Å². The lowest BCUT2D eigenvalue weighted by Crippen LogP contribution is -2.46. The summed E-state index contributed by atoms with van der Waals surface area (Å²) < 4.78 is 11.2. The largest absolute Gasteiger partial charge is 0.485 e. The highest BCUT2D eigenvalue weighted by Crippen LogP contribution is 2.33. The minimum atomic E-state index is -0.315. The van der Waals surface area contributed by atoms with E-state index in [0.29, 0.717) is 41.8 Å². The van der Waals surface area contributed by atoms with Gasteiger partial charge >= 0.3 is 0 Å². The summed E-state index contributed by atoms with van der Waals surface area (Å²) in [5.74, 6) is 0.769. The first-order chi connectivity index (χ1) is 15.3. The van der Waals surface area contributed by atoms with Crippen molar-refractivity contribution in [1.82, 2.24) is 4.90 Å². The summed E-state index contributed by atoms with van der Waals surface area (Å²) in [4.78, 5) is 40.9. The summed E-state index contributed by atoms with van der Waals surface area (Å²) in [6.45, 7) is 8.74. The number of benzene rings is 2. The summed E-state index contributed by atoms with van der Waals surface area (Å²) in [5.41, 5.74) is 1.95. The smallest absolute Gasteiger partial charge is 0.265 e. The molecule has 1 aliphatic rings. The van der Waals surface area contributed by atoms with E-state index in [-0.39, 0.29) is 37.4 Å². The number of rotatable bonds is 9. The molecule has 2 aromatic rings. The van der Waals surface area contributed by atoms with E-state index in [1.807, 2.05) is 38.1 Å². The molecular weight excluding hydrogens is 408 g/mol. The van der Waals surface area contributed by atoms with E-state index in [1.165, 1.54) is 4.90 Å². The van der Waals surface area contributed by atoms with E-state index < -0.39 is 0 Å². The Morgan fingerprint density at radius 2 is 1.88 bits per heavy atom. The highest BCUT2D eigenvalue weighted by atomic mass is 16.5. The average molecular weight is 439 g/mol. The summed E-state index contributed by atoms with van der Waals surface area (Å²) >= 11 is 0. The van der Waals surface area contributed by atoms with E-state index in [0.717, 1.165) is 5.56 Å². The number of amides is 2. The fourth-order valence-corrected chi connectivity index (χ4v) is 3.56. The maximum atomic E-state index is 12.8. The molecule has 2 aromatic carbocycles. The third-order valence-electron chi connectivity index (χ3n) is 5.53. The minimum Gasteiger partial charge on any atom is -0.485 e. The Labute approximate surface area is 188 Å². The highest BCUT2D eigenvalue weighted by Gasteiger charge is 2.29. The number of fused-ring (bicyclic) bond motifs is 1. The van der Waals surface area contributed by atoms with Crippen molar-refractivity contribution in [2.45, 2.75) is 33.6 Å². The predicted molar refractivity (Wildman–Crippen MR) is 123 cm³/mol. The average Bonchev–Trinajstić information content (AvgIpc) is 2.80. The van der Waals surface area contributed by atoms with Crippen LogP contribution in [0.2, 0.25) is 0 Å². The highest BCUT2D eigenvalue weighted by molar-refractivity contribution is 6.04. The number of nitrogens with zero attached hydrogens (tertiary/aromatic N) is 2. The van der Waals surface area contributed by atoms with Gasteiger partial charge in [-0.2, -0.15) is 0 Å². The monoisotopic (exact) mass is 438 g/mol. The molecule has 32 heavy (non-hydrogen) atoms. The van der Waals surface area contributed by atoms with Crippen molar-refractivity contribution < 1.29 is 23.9 Å². The lowest BCUT2D eigenvalue weighted by molar-refractivity contribution is -0.131. The fourth-order valence-electron chi connectivity index (χ4n) is 3.56. The topological polar surface area (TPSA) is 76.2 Å². The number of hydrogen-bond donors (Lipinski definition) is 0. The Hall–Kier alpha value is -3.35. The zero-order valence-corrected chi connectivity index (χ0v) is 19.1. The third-order valence-corrected chi connectivity index (χ3v) is 5.53. The normalized spacial score (nSPS) is 12.9. The number of carbonyl (C=O) groups is 3. The molecule has 0 N–H and O–H groups in total. The summed E-state index contributed by atoms with van der Waals surface area (Å²) in [7, 11) is 0. The summed E-state index contributed by atoms with van der Waals surface area (Å²) in [5, 5.41) is 0. The Bertz CT molecular complexity index is 998. The molecule has 170 valence electrons. The van der Waals surface area contributed by atoms with Gasteiger partial charge in [-0.25, -0.2) is 0 Å². The molecule has 0 atom stereocenters. The summed E-state index contributed by atoms with van der Waals surface area (Å²) in [6.07, 6.45) is 0. The second-order valence-corrected chi connectivity index (χ2v) is 7.96. The molecule has 7 heteroatoms. The van der Waals surface area contributed by atoms with Gasteiger partial charge in [0.2, 0.25) is 5.91 Å². The van der Waals surface area contributed by atoms with E-state index in [9.17, 15) is 14.4 Å². The van der Waals surface area contributed by atoms with E-state index in [2.05, 4.69) is 13.8 Å². The Morgan fingerprint density at radius 1 is 1.12 bits per heavy atom. The molecule has 3 rings (SSSR count). The van der Waals surface area contributed by atoms with Crippen LogP contribution in [0.1, 0.15) is 49.5 Å². The van der Waals surface area contributed by atoms with Gasteiger partial charge in [-0.05, 0) is 55.7 Å². The molecule has 0 fully saturated rings. The quantitative estimate of drug-likeness (QED) is 0.559. The van der Waals surface area contributed by atoms with Crippen LogP contribution < -0.4 is 14.4 Å². The molecular formula is C25H30N2O5. The molecule has 1 heterocycles. The van der Waals surface area contributed by atoms with Crippen LogP contribution in [-0.4, -0.2) is 55.3 Å². The maximum absolute atomic E-state index is 12.8. The molecule has 0 saturated carbocycles. The van der Waals surface area contributed by atoms with Crippen molar-refractivity contribution >= 4 is 23.3 Å². The first-order valence-corrected chi connectivity index (χ1v) is 10.9. The predicted octanol–water partition coefficient (Wildman–Crippen LogP) is 3.67. The van der Waals surface area contributed by atoms with Crippen molar-refractivity contribution in [3.05, 3.63) is 53.6 Å². The van der Waals surface area contributed by atoms with Crippen LogP contribution >= 0.6 is 0 Å². The van der Waals surface area contributed by atoms with Crippen LogP contribution in [0.15, 0.2) is 42.5 Å². The van der Waals surface area contributed by atoms with Crippen molar-refractivity contribution in [2.75, 3.05) is 37.7 Å². The number of ketones is 1. The van der Waals surface area contributed by atoms with Gasteiger partial charge in [-0.1, -0.05) is 26.0 Å². The summed E-state index contributed by atoms with van der Waals surface area (Å²) in [6, 6.07) is 12.6. The number of hydrogen-bond acceptors (Lipinski definition) is 5. The number of likely N-dealkylation sites (N-methyl/N-ethyl adjacent to an activating group) is 1. The van der Waals surface area contributed by atoms with Gasteiger partial charge in [0, 0.05) is 18.7 Å². The van der Waals surface area contributed by atoms with Crippen LogP contribution in [0.4, 0.5) is 5.69 Å². The second kappa shape index (κ2) is 10.3. The molecule has 0 bridgehead atoms. The number of carbonyl (C=O) groups excluding carboxylic acids is 3. The molecule has 0 saturated heterocycles. The SMILES string of the molecule is CCN(CC)C(=O)CN1C(=O)COc2ccc(C(=O)COc3cccc(C(C)C)c3)cc21. The van der Waals surface area contributed by atoms with Gasteiger partial charge in [-0.15, -0.1) is 0 Å². The lowest BCUT2D eigenvalue weighted by Gasteiger charge is -2.31. The molecule has 0 spiro atoms. The zero-order chi connectivity index (χ0) is 23.3. The molecule has 2 amide bonds. The molecule has 0 radical (unpaired) electrons. The van der Waals surface area contributed by atoms with Gasteiger partial charge in [0.15, 0.2) is 19.0 Å². The Kier molecular flexibility index (Phi) is 7.51. The van der Waals surface area contributed by atoms with Crippen LogP contribution in [0, 0.1) is 0 Å². The Morgan fingerprint density at radius 3 is 2.56 bits per heavy atom. The van der Waals surface area contributed by atoms with E-state index in [1.54, 1.807) is 23.1 Å². The first kappa shape index (κ1) is 23.3. The molecule has 7 nitrogen and oxygen atoms in total. The third kappa shape index (κ3) is 5.28. The molecule has 1 aliphatic heterocycles. The fraction of sp³-hybridized carbons (Fsp3) is 0.400. The van der Waals surface area contributed by atoms with Gasteiger partial charge in [-0.3, -0.25) is 19.3 Å².